The number of nitrogens with zero attached hydrogens (tertiary/aromatic N) is 3. The summed E-state index contributed by atoms with van der Waals surface area (Å²) < 4.78 is 12.7. The zero-order valence-electron chi connectivity index (χ0n) is 19.1. The van der Waals surface area contributed by atoms with Gasteiger partial charge in [-0.3, -0.25) is 0 Å². The number of halogens is 1. The minimum atomic E-state index is 0. The van der Waals surface area contributed by atoms with Crippen LogP contribution >= 0.6 is 24.0 Å². The van der Waals surface area contributed by atoms with E-state index in [0.717, 1.165) is 67.8 Å². The second-order valence-electron chi connectivity index (χ2n) is 7.32. The maximum atomic E-state index is 5.42. The molecule has 0 fully saturated rings. The van der Waals surface area contributed by atoms with E-state index < -0.39 is 0 Å². The number of pyridine rings is 1. The highest BCUT2D eigenvalue weighted by Gasteiger charge is 2.05. The molecule has 0 aliphatic heterocycles. The van der Waals surface area contributed by atoms with Gasteiger partial charge >= 0.3 is 0 Å². The predicted octanol–water partition coefficient (Wildman–Crippen LogP) is 3.97. The summed E-state index contributed by atoms with van der Waals surface area (Å²) in [4.78, 5) is 9.49. The molecular formula is C24H34IN5O2. The van der Waals surface area contributed by atoms with Crippen LogP contribution in [0.15, 0.2) is 53.8 Å². The molecule has 2 aromatic heterocycles. The fourth-order valence-corrected chi connectivity index (χ4v) is 3.23. The number of aryl methyl sites for hydroxylation is 1. The first kappa shape index (κ1) is 25.9. The summed E-state index contributed by atoms with van der Waals surface area (Å²) in [6.07, 6.45) is 5.88. The van der Waals surface area contributed by atoms with Gasteiger partial charge < -0.3 is 24.5 Å². The largest absolute Gasteiger partial charge is 0.497 e. The summed E-state index contributed by atoms with van der Waals surface area (Å²) in [5, 5.41) is 6.84. The lowest BCUT2D eigenvalue weighted by Crippen LogP contribution is -2.39. The number of aromatic nitrogens is 2. The zero-order chi connectivity index (χ0) is 21.9. The van der Waals surface area contributed by atoms with Gasteiger partial charge in [-0.25, -0.2) is 9.98 Å². The van der Waals surface area contributed by atoms with Crippen molar-refractivity contribution in [1.82, 2.24) is 20.0 Å². The lowest BCUT2D eigenvalue weighted by Gasteiger charge is -2.12. The Hall–Kier alpha value is -2.33. The molecule has 3 aromatic rings. The summed E-state index contributed by atoms with van der Waals surface area (Å²) in [6, 6.07) is 12.1. The fourth-order valence-electron chi connectivity index (χ4n) is 3.23. The Kier molecular flexibility index (Phi) is 11.3. The molecule has 0 atom stereocenters. The number of benzene rings is 1. The van der Waals surface area contributed by atoms with Gasteiger partial charge in [0.2, 0.25) is 0 Å². The number of rotatable bonds is 11. The van der Waals surface area contributed by atoms with Gasteiger partial charge in [0.1, 0.15) is 11.4 Å². The second-order valence-corrected chi connectivity index (χ2v) is 7.32. The third-order valence-corrected chi connectivity index (χ3v) is 4.94. The SMILES string of the molecule is CCOCCCNC(=NCc1ccc(OC)cc1)NCCc1cn2cccc(C)c2n1.I. The highest BCUT2D eigenvalue weighted by molar-refractivity contribution is 14.0. The average molecular weight is 551 g/mol. The Morgan fingerprint density at radius 1 is 1.12 bits per heavy atom. The first-order valence-corrected chi connectivity index (χ1v) is 10.9. The minimum Gasteiger partial charge on any atom is -0.497 e. The maximum Gasteiger partial charge on any atom is 0.191 e. The van der Waals surface area contributed by atoms with Crippen LogP contribution in [0.2, 0.25) is 0 Å². The number of methoxy groups -OCH3 is 1. The number of hydrogen-bond donors (Lipinski definition) is 2. The highest BCUT2D eigenvalue weighted by Crippen LogP contribution is 2.12. The average Bonchev–Trinajstić information content (AvgIpc) is 3.21. The van der Waals surface area contributed by atoms with Crippen molar-refractivity contribution in [1.29, 1.82) is 0 Å². The Morgan fingerprint density at radius 2 is 1.91 bits per heavy atom. The van der Waals surface area contributed by atoms with Gasteiger partial charge in [0.05, 0.1) is 19.3 Å². The van der Waals surface area contributed by atoms with E-state index in [4.69, 9.17) is 19.5 Å². The molecule has 0 radical (unpaired) electrons. The van der Waals surface area contributed by atoms with Crippen LogP contribution in [0.3, 0.4) is 0 Å². The quantitative estimate of drug-likeness (QED) is 0.163. The summed E-state index contributed by atoms with van der Waals surface area (Å²) in [5.74, 6) is 1.65. The molecule has 0 saturated carbocycles. The Bertz CT molecular complexity index is 972. The molecule has 2 N–H and O–H groups in total. The van der Waals surface area contributed by atoms with Crippen molar-refractivity contribution in [2.45, 2.75) is 33.2 Å². The van der Waals surface area contributed by atoms with E-state index in [0.29, 0.717) is 6.54 Å². The third kappa shape index (κ3) is 7.98. The summed E-state index contributed by atoms with van der Waals surface area (Å²) in [7, 11) is 1.67. The van der Waals surface area contributed by atoms with E-state index in [2.05, 4.69) is 34.2 Å². The van der Waals surface area contributed by atoms with Crippen molar-refractivity contribution < 1.29 is 9.47 Å². The second kappa shape index (κ2) is 13.9. The number of imidazole rings is 1. The standard InChI is InChI=1S/C24H33N5O2.HI/c1-4-31-16-6-13-25-24(27-17-20-8-10-22(30-3)11-9-20)26-14-12-21-18-29-15-5-7-19(2)23(29)28-21;/h5,7-11,15,18H,4,6,12-14,16-17H2,1-3H3,(H2,25,26,27);1H. The van der Waals surface area contributed by atoms with Crippen LogP contribution in [0.1, 0.15) is 30.2 Å². The summed E-state index contributed by atoms with van der Waals surface area (Å²) >= 11 is 0. The molecule has 174 valence electrons. The Balaban J connectivity index is 0.00000363. The number of guanidine groups is 1. The number of hydrogen-bond acceptors (Lipinski definition) is 4. The van der Waals surface area contributed by atoms with Crippen molar-refractivity contribution in [2.24, 2.45) is 4.99 Å². The topological polar surface area (TPSA) is 72.2 Å². The van der Waals surface area contributed by atoms with E-state index in [-0.39, 0.29) is 24.0 Å². The molecule has 32 heavy (non-hydrogen) atoms. The lowest BCUT2D eigenvalue weighted by molar-refractivity contribution is 0.145. The van der Waals surface area contributed by atoms with Crippen LogP contribution in [-0.4, -0.2) is 48.8 Å². The van der Waals surface area contributed by atoms with E-state index >= 15 is 0 Å². The molecular weight excluding hydrogens is 517 g/mol. The smallest absolute Gasteiger partial charge is 0.191 e. The Morgan fingerprint density at radius 3 is 2.62 bits per heavy atom. The molecule has 0 bridgehead atoms. The maximum absolute atomic E-state index is 5.42. The van der Waals surface area contributed by atoms with E-state index in [1.165, 1.54) is 5.56 Å². The van der Waals surface area contributed by atoms with Gasteiger partial charge in [-0.15, -0.1) is 24.0 Å². The van der Waals surface area contributed by atoms with Gasteiger partial charge in [-0.1, -0.05) is 18.2 Å². The molecule has 1 aromatic carbocycles. The van der Waals surface area contributed by atoms with Gasteiger partial charge in [0.25, 0.3) is 0 Å². The Labute approximate surface area is 207 Å². The molecule has 0 aliphatic carbocycles. The zero-order valence-corrected chi connectivity index (χ0v) is 21.5. The number of aliphatic imine (C=N–C) groups is 1. The van der Waals surface area contributed by atoms with Crippen molar-refractivity contribution in [3.8, 4) is 5.75 Å². The van der Waals surface area contributed by atoms with Crippen molar-refractivity contribution >= 4 is 35.6 Å². The van der Waals surface area contributed by atoms with Crippen LogP contribution in [-0.2, 0) is 17.7 Å². The van der Waals surface area contributed by atoms with E-state index in [1.54, 1.807) is 7.11 Å². The number of ether oxygens (including phenoxy) is 2. The fraction of sp³-hybridized carbons (Fsp3) is 0.417. The number of nitrogens with one attached hydrogen (secondary N) is 2. The predicted molar refractivity (Wildman–Crippen MR) is 140 cm³/mol. The minimum absolute atomic E-state index is 0. The van der Waals surface area contributed by atoms with Gasteiger partial charge in [0, 0.05) is 45.1 Å². The monoisotopic (exact) mass is 551 g/mol. The van der Waals surface area contributed by atoms with Crippen LogP contribution in [0.4, 0.5) is 0 Å². The van der Waals surface area contributed by atoms with Gasteiger partial charge in [0.15, 0.2) is 5.96 Å². The highest BCUT2D eigenvalue weighted by atomic mass is 127. The number of fused-ring (bicyclic) bond motifs is 1. The molecule has 0 unspecified atom stereocenters. The summed E-state index contributed by atoms with van der Waals surface area (Å²) in [5.41, 5.74) is 4.39. The normalized spacial score (nSPS) is 11.3. The summed E-state index contributed by atoms with van der Waals surface area (Å²) in [6.45, 7) is 7.74. The molecule has 0 saturated heterocycles. The van der Waals surface area contributed by atoms with Crippen LogP contribution < -0.4 is 15.4 Å². The third-order valence-electron chi connectivity index (χ3n) is 4.94. The van der Waals surface area contributed by atoms with Gasteiger partial charge in [-0.05, 0) is 49.6 Å². The van der Waals surface area contributed by atoms with E-state index in [9.17, 15) is 0 Å². The first-order valence-electron chi connectivity index (χ1n) is 10.9. The molecule has 8 heteroatoms. The van der Waals surface area contributed by atoms with Crippen molar-refractivity contribution in [3.05, 3.63) is 65.6 Å². The lowest BCUT2D eigenvalue weighted by atomic mass is 10.2. The van der Waals surface area contributed by atoms with Gasteiger partial charge in [-0.2, -0.15) is 0 Å². The molecule has 0 spiro atoms. The van der Waals surface area contributed by atoms with Crippen molar-refractivity contribution in [3.63, 3.8) is 0 Å². The molecule has 0 aliphatic rings. The first-order chi connectivity index (χ1) is 15.2. The molecule has 3 rings (SSSR count). The molecule has 2 heterocycles. The van der Waals surface area contributed by atoms with E-state index in [1.807, 2.05) is 43.5 Å². The molecule has 7 nitrogen and oxygen atoms in total. The van der Waals surface area contributed by atoms with Crippen molar-refractivity contribution in [2.75, 3.05) is 33.4 Å². The van der Waals surface area contributed by atoms with Crippen LogP contribution in [0.25, 0.3) is 5.65 Å². The van der Waals surface area contributed by atoms with Crippen LogP contribution in [0, 0.1) is 6.92 Å². The molecule has 0 amide bonds. The van der Waals surface area contributed by atoms with Crippen LogP contribution in [0.5, 0.6) is 5.75 Å².